The minimum absolute atomic E-state index is 0.0179. The molecule has 6 nitrogen and oxygen atoms in total. The van der Waals surface area contributed by atoms with Crippen LogP contribution in [0.15, 0.2) is 28.1 Å². The average Bonchev–Trinajstić information content (AvgIpc) is 3.08. The maximum atomic E-state index is 12.8. The average molecular weight is 479 g/mol. The third-order valence-electron chi connectivity index (χ3n) is 5.21. The van der Waals surface area contributed by atoms with Gasteiger partial charge >= 0.3 is 0 Å². The van der Waals surface area contributed by atoms with Crippen LogP contribution in [0, 0.1) is 19.8 Å². The second-order valence-corrected chi connectivity index (χ2v) is 9.59. The number of carbonyl (C=O) groups excluding carboxylic acids is 2. The van der Waals surface area contributed by atoms with Crippen LogP contribution in [0.3, 0.4) is 0 Å². The largest absolute Gasteiger partial charge is 0.336 e. The number of thiazole rings is 1. The maximum Gasteiger partial charge on any atom is 0.243 e. The minimum atomic E-state index is -0.178. The number of piperidine rings is 1. The molecule has 1 aliphatic rings. The van der Waals surface area contributed by atoms with E-state index < -0.39 is 0 Å². The van der Waals surface area contributed by atoms with Crippen molar-refractivity contribution in [2.24, 2.45) is 5.92 Å². The van der Waals surface area contributed by atoms with Gasteiger partial charge in [-0.1, -0.05) is 15.9 Å². The van der Waals surface area contributed by atoms with Crippen molar-refractivity contribution in [3.63, 3.8) is 0 Å². The molecule has 1 N–H and O–H groups in total. The lowest BCUT2D eigenvalue weighted by molar-refractivity contribution is -0.138. The van der Waals surface area contributed by atoms with Crippen LogP contribution >= 0.6 is 27.3 Å². The topological polar surface area (TPSA) is 65.5 Å². The number of likely N-dealkylation sites (N-methyl/N-ethyl adjacent to an activating group) is 1. The van der Waals surface area contributed by atoms with E-state index in [-0.39, 0.29) is 24.3 Å². The van der Waals surface area contributed by atoms with Crippen LogP contribution < -0.4 is 5.32 Å². The smallest absolute Gasteiger partial charge is 0.243 e. The summed E-state index contributed by atoms with van der Waals surface area (Å²) in [6, 6.07) is 5.70. The first-order chi connectivity index (χ1) is 13.8. The zero-order valence-corrected chi connectivity index (χ0v) is 19.5. The van der Waals surface area contributed by atoms with Crippen molar-refractivity contribution in [2.45, 2.75) is 33.2 Å². The number of aromatic nitrogens is 1. The lowest BCUT2D eigenvalue weighted by atomic mass is 9.95. The number of amides is 2. The first-order valence-electron chi connectivity index (χ1n) is 9.76. The molecule has 0 aliphatic carbocycles. The van der Waals surface area contributed by atoms with E-state index in [1.807, 2.05) is 32.0 Å². The van der Waals surface area contributed by atoms with Crippen LogP contribution in [-0.2, 0) is 16.1 Å². The van der Waals surface area contributed by atoms with Crippen molar-refractivity contribution in [2.75, 3.05) is 32.0 Å². The number of nitrogens with zero attached hydrogens (tertiary/aromatic N) is 3. The number of anilines is 1. The molecule has 2 heterocycles. The van der Waals surface area contributed by atoms with Gasteiger partial charge in [-0.25, -0.2) is 4.98 Å². The quantitative estimate of drug-likeness (QED) is 0.684. The van der Waals surface area contributed by atoms with E-state index in [0.717, 1.165) is 58.9 Å². The molecule has 3 rings (SSSR count). The maximum absolute atomic E-state index is 12.8. The third-order valence-corrected chi connectivity index (χ3v) is 6.52. The third kappa shape index (κ3) is 6.10. The zero-order valence-electron chi connectivity index (χ0n) is 17.1. The fraction of sp³-hybridized carbons (Fsp3) is 0.476. The molecule has 0 atom stereocenters. The molecule has 0 spiro atoms. The first kappa shape index (κ1) is 21.9. The molecule has 0 saturated carbocycles. The monoisotopic (exact) mass is 478 g/mol. The Bertz CT molecular complexity index is 877. The van der Waals surface area contributed by atoms with Crippen molar-refractivity contribution in [1.29, 1.82) is 0 Å². The zero-order chi connectivity index (χ0) is 21.0. The highest BCUT2D eigenvalue weighted by atomic mass is 79.9. The number of nitrogens with one attached hydrogen (secondary N) is 1. The predicted octanol–water partition coefficient (Wildman–Crippen LogP) is 3.83. The molecule has 8 heteroatoms. The van der Waals surface area contributed by atoms with Crippen LogP contribution in [0.2, 0.25) is 0 Å². The van der Waals surface area contributed by atoms with E-state index in [2.05, 4.69) is 36.5 Å². The molecule has 1 aromatic carbocycles. The van der Waals surface area contributed by atoms with Gasteiger partial charge in [0.15, 0.2) is 0 Å². The SMILES string of the molecule is Cc1nc(CN2CCC(C(=O)N(C)CC(=O)Nc3ccc(Br)cc3C)CC2)cs1. The Morgan fingerprint density at radius 3 is 2.66 bits per heavy atom. The molecular weight excluding hydrogens is 452 g/mol. The summed E-state index contributed by atoms with van der Waals surface area (Å²) in [5, 5.41) is 6.08. The number of hydrogen-bond acceptors (Lipinski definition) is 5. The predicted molar refractivity (Wildman–Crippen MR) is 120 cm³/mol. The Balaban J connectivity index is 1.45. The fourth-order valence-corrected chi connectivity index (χ4v) is 4.69. The van der Waals surface area contributed by atoms with Crippen molar-refractivity contribution in [3.05, 3.63) is 44.3 Å². The van der Waals surface area contributed by atoms with E-state index >= 15 is 0 Å². The molecule has 0 bridgehead atoms. The van der Waals surface area contributed by atoms with Crippen LogP contribution in [0.5, 0.6) is 0 Å². The van der Waals surface area contributed by atoms with Gasteiger partial charge in [-0.15, -0.1) is 11.3 Å². The Morgan fingerprint density at radius 1 is 1.31 bits per heavy atom. The Labute approximate surface area is 184 Å². The summed E-state index contributed by atoms with van der Waals surface area (Å²) in [5.74, 6) is -0.143. The Hall–Kier alpha value is -1.77. The Morgan fingerprint density at radius 2 is 2.03 bits per heavy atom. The number of carbonyl (C=O) groups is 2. The standard InChI is InChI=1S/C21H27BrN4O2S/c1-14-10-17(22)4-5-19(14)24-20(27)12-25(3)21(28)16-6-8-26(9-7-16)11-18-13-29-15(2)23-18/h4-5,10,13,16H,6-9,11-12H2,1-3H3,(H,24,27). The molecule has 1 aliphatic heterocycles. The highest BCUT2D eigenvalue weighted by Gasteiger charge is 2.28. The lowest BCUT2D eigenvalue weighted by Gasteiger charge is -2.32. The first-order valence-corrected chi connectivity index (χ1v) is 11.4. The van der Waals surface area contributed by atoms with E-state index in [4.69, 9.17) is 0 Å². The van der Waals surface area contributed by atoms with Gasteiger partial charge in [0.25, 0.3) is 0 Å². The van der Waals surface area contributed by atoms with Crippen LogP contribution in [0.25, 0.3) is 0 Å². The molecular formula is C21H27BrN4O2S. The van der Waals surface area contributed by atoms with E-state index in [1.54, 1.807) is 23.3 Å². The van der Waals surface area contributed by atoms with Crippen LogP contribution in [0.4, 0.5) is 5.69 Å². The fourth-order valence-electron chi connectivity index (χ4n) is 3.61. The van der Waals surface area contributed by atoms with Crippen LogP contribution in [-0.4, -0.2) is 53.3 Å². The number of hydrogen-bond donors (Lipinski definition) is 1. The minimum Gasteiger partial charge on any atom is -0.336 e. The summed E-state index contributed by atoms with van der Waals surface area (Å²) in [5.41, 5.74) is 2.85. The molecule has 1 aromatic heterocycles. The van der Waals surface area contributed by atoms with Crippen molar-refractivity contribution in [1.82, 2.24) is 14.8 Å². The summed E-state index contributed by atoms with van der Waals surface area (Å²) >= 11 is 5.09. The molecule has 0 unspecified atom stereocenters. The summed E-state index contributed by atoms with van der Waals surface area (Å²) < 4.78 is 0.969. The number of aryl methyl sites for hydroxylation is 2. The second kappa shape index (κ2) is 9.82. The summed E-state index contributed by atoms with van der Waals surface area (Å²) in [4.78, 5) is 33.6. The van der Waals surface area contributed by atoms with Gasteiger partial charge < -0.3 is 10.2 Å². The van der Waals surface area contributed by atoms with Gasteiger partial charge in [0.2, 0.25) is 11.8 Å². The molecule has 2 aromatic rings. The number of halogens is 1. The van der Waals surface area contributed by atoms with E-state index in [1.165, 1.54) is 0 Å². The number of likely N-dealkylation sites (tertiary alicyclic amines) is 1. The van der Waals surface area contributed by atoms with Crippen molar-refractivity contribution in [3.8, 4) is 0 Å². The van der Waals surface area contributed by atoms with Crippen molar-refractivity contribution < 1.29 is 9.59 Å². The molecule has 29 heavy (non-hydrogen) atoms. The van der Waals surface area contributed by atoms with Gasteiger partial charge in [-0.3, -0.25) is 14.5 Å². The molecule has 1 saturated heterocycles. The van der Waals surface area contributed by atoms with E-state index in [0.29, 0.717) is 0 Å². The van der Waals surface area contributed by atoms with Gasteiger partial charge in [0.05, 0.1) is 17.2 Å². The van der Waals surface area contributed by atoms with Gasteiger partial charge in [-0.2, -0.15) is 0 Å². The summed E-state index contributed by atoms with van der Waals surface area (Å²) in [6.45, 7) is 6.62. The highest BCUT2D eigenvalue weighted by Crippen LogP contribution is 2.22. The van der Waals surface area contributed by atoms with Gasteiger partial charge in [0.1, 0.15) is 0 Å². The number of rotatable bonds is 6. The van der Waals surface area contributed by atoms with Crippen LogP contribution in [0.1, 0.15) is 29.1 Å². The lowest BCUT2D eigenvalue weighted by Crippen LogP contribution is -2.43. The highest BCUT2D eigenvalue weighted by molar-refractivity contribution is 9.10. The summed E-state index contributed by atoms with van der Waals surface area (Å²) in [6.07, 6.45) is 1.64. The number of benzene rings is 1. The van der Waals surface area contributed by atoms with Gasteiger partial charge in [0, 0.05) is 35.1 Å². The van der Waals surface area contributed by atoms with Crippen molar-refractivity contribution >= 4 is 44.8 Å². The molecule has 2 amide bonds. The van der Waals surface area contributed by atoms with E-state index in [9.17, 15) is 9.59 Å². The summed E-state index contributed by atoms with van der Waals surface area (Å²) in [7, 11) is 1.71. The van der Waals surface area contributed by atoms with Gasteiger partial charge in [-0.05, 0) is 63.5 Å². The second-order valence-electron chi connectivity index (χ2n) is 7.61. The molecule has 156 valence electrons. The molecule has 1 fully saturated rings. The normalized spacial score (nSPS) is 15.3. The molecule has 0 radical (unpaired) electrons. The Kier molecular flexibility index (Phi) is 7.43.